The molecule has 162 valence electrons. The lowest BCUT2D eigenvalue weighted by atomic mass is 9.98. The Balaban J connectivity index is 0.000000329. The predicted octanol–water partition coefficient (Wildman–Crippen LogP) is 4.92. The molecular weight excluding hydrogens is 388 g/mol. The van der Waals surface area contributed by atoms with Crippen molar-refractivity contribution in [2.45, 2.75) is 47.1 Å². The van der Waals surface area contributed by atoms with E-state index in [4.69, 9.17) is 4.89 Å². The van der Waals surface area contributed by atoms with Crippen LogP contribution < -0.4 is 0 Å². The van der Waals surface area contributed by atoms with Gasteiger partial charge in [-0.1, -0.05) is 36.4 Å². The average molecular weight is 416 g/mol. The minimum Gasteiger partial charge on any atom is -0.297 e. The van der Waals surface area contributed by atoms with E-state index in [0.29, 0.717) is 11.1 Å². The molecule has 2 rings (SSSR count). The molecule has 30 heavy (non-hydrogen) atoms. The number of carbonyl (C=O) groups is 3. The summed E-state index contributed by atoms with van der Waals surface area (Å²) < 4.78 is 0. The van der Waals surface area contributed by atoms with E-state index in [0.717, 1.165) is 0 Å². The molecular formula is C23H28O7. The summed E-state index contributed by atoms with van der Waals surface area (Å²) in [4.78, 5) is 52.5. The summed E-state index contributed by atoms with van der Waals surface area (Å²) in [5, 5.41) is 0. The van der Waals surface area contributed by atoms with Gasteiger partial charge in [-0.3, -0.25) is 4.89 Å². The molecule has 0 fully saturated rings. The zero-order chi connectivity index (χ0) is 22.8. The van der Waals surface area contributed by atoms with Crippen molar-refractivity contribution in [2.75, 3.05) is 0 Å². The Hall–Kier alpha value is -3.19. The van der Waals surface area contributed by atoms with Gasteiger partial charge in [-0.05, 0) is 65.8 Å². The van der Waals surface area contributed by atoms with Crippen LogP contribution in [0.5, 0.6) is 0 Å². The summed E-state index contributed by atoms with van der Waals surface area (Å²) in [7, 11) is 0. The third kappa shape index (κ3) is 9.84. The van der Waals surface area contributed by atoms with E-state index in [1.807, 2.05) is 20.8 Å². The third-order valence-corrected chi connectivity index (χ3v) is 3.19. The highest BCUT2D eigenvalue weighted by molar-refractivity contribution is 5.92. The van der Waals surface area contributed by atoms with Crippen LogP contribution in [0.4, 0.5) is 0 Å². The molecule has 2 aromatic rings. The Bertz CT molecular complexity index is 765. The quantitative estimate of drug-likeness (QED) is 0.518. The van der Waals surface area contributed by atoms with Crippen LogP contribution in [-0.4, -0.2) is 23.5 Å². The molecule has 0 spiro atoms. The minimum absolute atomic E-state index is 0.318. The van der Waals surface area contributed by atoms with Crippen molar-refractivity contribution >= 4 is 17.9 Å². The predicted molar refractivity (Wildman–Crippen MR) is 110 cm³/mol. The summed E-state index contributed by atoms with van der Waals surface area (Å²) in [6.45, 7) is 10.8. The van der Waals surface area contributed by atoms with Gasteiger partial charge in [0.15, 0.2) is 0 Å². The summed E-state index contributed by atoms with van der Waals surface area (Å²) in [6, 6.07) is 16.6. The molecule has 0 aliphatic heterocycles. The summed E-state index contributed by atoms with van der Waals surface area (Å²) in [5.74, 6) is -1.77. The molecule has 0 amide bonds. The highest BCUT2D eigenvalue weighted by atomic mass is 17.2. The standard InChI is InChI=1S/C14H10O4.C9H18O3/c15-13(11-7-3-1-4-8-11)17-18-14(16)12-9-5-2-6-10-12;1-8(2,3)7(10)11-12-9(4,5)6/h1-10H;1-6H3. The number of hydrogen-bond donors (Lipinski definition) is 0. The van der Waals surface area contributed by atoms with E-state index in [1.165, 1.54) is 0 Å². The lowest BCUT2D eigenvalue weighted by Gasteiger charge is -2.20. The van der Waals surface area contributed by atoms with Gasteiger partial charge in [0.1, 0.15) is 5.60 Å². The van der Waals surface area contributed by atoms with Crippen LogP contribution in [-0.2, 0) is 24.3 Å². The first-order valence-corrected chi connectivity index (χ1v) is 9.33. The molecule has 0 saturated heterocycles. The lowest BCUT2D eigenvalue weighted by Crippen LogP contribution is -2.28. The maximum atomic E-state index is 11.5. The molecule has 0 radical (unpaired) electrons. The van der Waals surface area contributed by atoms with Gasteiger partial charge < -0.3 is 0 Å². The first-order valence-electron chi connectivity index (χ1n) is 9.33. The Labute approximate surface area is 176 Å². The molecule has 0 bridgehead atoms. The number of hydrogen-bond acceptors (Lipinski definition) is 7. The van der Waals surface area contributed by atoms with E-state index in [-0.39, 0.29) is 5.97 Å². The molecule has 0 atom stereocenters. The summed E-state index contributed by atoms with van der Waals surface area (Å²) in [5.41, 5.74) is -0.316. The molecule has 2 aromatic carbocycles. The minimum atomic E-state index is -0.708. The first kappa shape index (κ1) is 24.8. The SMILES string of the molecule is CC(C)(C)OOC(=O)C(C)(C)C.O=C(OOC(=O)c1ccccc1)c1ccccc1. The molecule has 0 saturated carbocycles. The van der Waals surface area contributed by atoms with Gasteiger partial charge in [-0.25, -0.2) is 24.2 Å². The maximum Gasteiger partial charge on any atom is 0.386 e. The molecule has 7 nitrogen and oxygen atoms in total. The van der Waals surface area contributed by atoms with Gasteiger partial charge in [0.2, 0.25) is 0 Å². The Morgan fingerprint density at radius 3 is 1.27 bits per heavy atom. The fourth-order valence-electron chi connectivity index (χ4n) is 1.61. The van der Waals surface area contributed by atoms with Crippen LogP contribution in [0.1, 0.15) is 62.3 Å². The van der Waals surface area contributed by atoms with Gasteiger partial charge in [0, 0.05) is 0 Å². The smallest absolute Gasteiger partial charge is 0.297 e. The summed E-state index contributed by atoms with van der Waals surface area (Å²) >= 11 is 0. The van der Waals surface area contributed by atoms with Crippen molar-refractivity contribution < 1.29 is 33.9 Å². The number of rotatable bonds is 3. The second kappa shape index (κ2) is 11.1. The van der Waals surface area contributed by atoms with Crippen molar-refractivity contribution in [3.63, 3.8) is 0 Å². The molecule has 0 aliphatic rings. The fraction of sp³-hybridized carbons (Fsp3) is 0.348. The molecule has 7 heteroatoms. The molecule has 0 aliphatic carbocycles. The molecule has 0 unspecified atom stereocenters. The van der Waals surface area contributed by atoms with Crippen LogP contribution in [0, 0.1) is 5.41 Å². The van der Waals surface area contributed by atoms with Crippen molar-refractivity contribution in [1.29, 1.82) is 0 Å². The van der Waals surface area contributed by atoms with Gasteiger partial charge in [-0.15, -0.1) is 0 Å². The Morgan fingerprint density at radius 2 is 0.967 bits per heavy atom. The number of carbonyl (C=O) groups excluding carboxylic acids is 3. The highest BCUT2D eigenvalue weighted by Gasteiger charge is 2.26. The van der Waals surface area contributed by atoms with Crippen LogP contribution in [0.25, 0.3) is 0 Å². The maximum absolute atomic E-state index is 11.5. The van der Waals surface area contributed by atoms with Crippen LogP contribution in [0.3, 0.4) is 0 Å². The van der Waals surface area contributed by atoms with Crippen LogP contribution in [0.2, 0.25) is 0 Å². The van der Waals surface area contributed by atoms with Crippen molar-refractivity contribution in [2.24, 2.45) is 5.41 Å². The third-order valence-electron chi connectivity index (χ3n) is 3.19. The van der Waals surface area contributed by atoms with Gasteiger partial charge in [0.05, 0.1) is 16.5 Å². The van der Waals surface area contributed by atoms with E-state index < -0.39 is 23.0 Å². The zero-order valence-electron chi connectivity index (χ0n) is 18.1. The Kier molecular flexibility index (Phi) is 9.20. The average Bonchev–Trinajstić information content (AvgIpc) is 2.70. The van der Waals surface area contributed by atoms with E-state index in [9.17, 15) is 14.4 Å². The van der Waals surface area contributed by atoms with Crippen LogP contribution in [0.15, 0.2) is 60.7 Å². The highest BCUT2D eigenvalue weighted by Crippen LogP contribution is 2.17. The lowest BCUT2D eigenvalue weighted by molar-refractivity contribution is -0.325. The normalized spacial score (nSPS) is 10.9. The molecule has 0 heterocycles. The van der Waals surface area contributed by atoms with Gasteiger partial charge >= 0.3 is 17.9 Å². The van der Waals surface area contributed by atoms with E-state index >= 15 is 0 Å². The second-order valence-corrected chi connectivity index (χ2v) is 8.29. The zero-order valence-corrected chi connectivity index (χ0v) is 18.1. The largest absolute Gasteiger partial charge is 0.386 e. The molecule has 0 aromatic heterocycles. The van der Waals surface area contributed by atoms with E-state index in [1.54, 1.807) is 81.4 Å². The van der Waals surface area contributed by atoms with Crippen molar-refractivity contribution in [3.8, 4) is 0 Å². The monoisotopic (exact) mass is 416 g/mol. The van der Waals surface area contributed by atoms with E-state index in [2.05, 4.69) is 14.7 Å². The van der Waals surface area contributed by atoms with Crippen molar-refractivity contribution in [1.82, 2.24) is 0 Å². The van der Waals surface area contributed by atoms with Gasteiger partial charge in [0.25, 0.3) is 0 Å². The molecule has 0 N–H and O–H groups in total. The second-order valence-electron chi connectivity index (χ2n) is 8.29. The van der Waals surface area contributed by atoms with Crippen LogP contribution >= 0.6 is 0 Å². The fourth-order valence-corrected chi connectivity index (χ4v) is 1.61. The topological polar surface area (TPSA) is 88.1 Å². The Morgan fingerprint density at radius 1 is 0.600 bits per heavy atom. The number of benzene rings is 2. The van der Waals surface area contributed by atoms with Gasteiger partial charge in [-0.2, -0.15) is 4.89 Å². The summed E-state index contributed by atoms with van der Waals surface area (Å²) in [6.07, 6.45) is 0. The van der Waals surface area contributed by atoms with Crippen molar-refractivity contribution in [3.05, 3.63) is 71.8 Å². The first-order chi connectivity index (χ1) is 13.9.